The normalized spacial score (nSPS) is 22.5. The highest BCUT2D eigenvalue weighted by atomic mass is 19.1. The van der Waals surface area contributed by atoms with E-state index in [1.807, 2.05) is 0 Å². The van der Waals surface area contributed by atoms with Crippen molar-refractivity contribution < 1.29 is 28.6 Å². The second kappa shape index (κ2) is 8.12. The molecular formula is C16H25FN2O5. The van der Waals surface area contributed by atoms with E-state index in [1.54, 1.807) is 27.7 Å². The molecule has 3 atom stereocenters. The van der Waals surface area contributed by atoms with Gasteiger partial charge in [0.15, 0.2) is 0 Å². The number of hydrogen-bond acceptors (Lipinski definition) is 4. The summed E-state index contributed by atoms with van der Waals surface area (Å²) in [5, 5.41) is 11.3. The predicted octanol–water partition coefficient (Wildman–Crippen LogP) is 1.87. The number of carbonyl (C=O) groups excluding carboxylic acids is 2. The third kappa shape index (κ3) is 6.17. The lowest BCUT2D eigenvalue weighted by Crippen LogP contribution is -2.49. The number of rotatable bonds is 5. The van der Waals surface area contributed by atoms with Crippen LogP contribution in [0, 0.1) is 0 Å². The van der Waals surface area contributed by atoms with Crippen molar-refractivity contribution in [3.63, 3.8) is 0 Å². The standard InChI is InChI=1S/C16H25FN2O5/c1-5-11(6-7-13(20)21)18-14(22)12-8-10(17)9-19(12)15(23)24-16(2,3)4/h6-7,10-12H,5,8-9H2,1-4H3,(H,18,22)(H,20,21)/t10-,11-,12-/m0/s1. The van der Waals surface area contributed by atoms with Crippen molar-refractivity contribution in [3.8, 4) is 0 Å². The summed E-state index contributed by atoms with van der Waals surface area (Å²) in [6, 6.07) is -1.48. The van der Waals surface area contributed by atoms with Crippen molar-refractivity contribution in [2.75, 3.05) is 6.54 Å². The molecule has 136 valence electrons. The molecule has 1 heterocycles. The van der Waals surface area contributed by atoms with Crippen LogP contribution in [0.5, 0.6) is 0 Å². The first kappa shape index (κ1) is 19.9. The molecule has 0 aromatic carbocycles. The summed E-state index contributed by atoms with van der Waals surface area (Å²) in [6.07, 6.45) is 0.602. The maximum atomic E-state index is 13.7. The van der Waals surface area contributed by atoms with Crippen LogP contribution >= 0.6 is 0 Å². The van der Waals surface area contributed by atoms with Gasteiger partial charge in [0.1, 0.15) is 17.8 Å². The smallest absolute Gasteiger partial charge is 0.411 e. The Bertz CT molecular complexity index is 515. The van der Waals surface area contributed by atoms with Crippen LogP contribution in [-0.2, 0) is 14.3 Å². The summed E-state index contributed by atoms with van der Waals surface area (Å²) in [5.74, 6) is -1.65. The average molecular weight is 344 g/mol. The zero-order chi connectivity index (χ0) is 18.5. The number of hydrogen-bond donors (Lipinski definition) is 2. The number of aliphatic carboxylic acids is 1. The van der Waals surface area contributed by atoms with Gasteiger partial charge in [-0.2, -0.15) is 0 Å². The van der Waals surface area contributed by atoms with E-state index in [1.165, 1.54) is 6.08 Å². The van der Waals surface area contributed by atoms with E-state index in [2.05, 4.69) is 5.32 Å². The lowest BCUT2D eigenvalue weighted by atomic mass is 10.1. The summed E-state index contributed by atoms with van der Waals surface area (Å²) in [7, 11) is 0. The van der Waals surface area contributed by atoms with E-state index in [-0.39, 0.29) is 13.0 Å². The molecule has 2 N–H and O–H groups in total. The summed E-state index contributed by atoms with van der Waals surface area (Å²) < 4.78 is 18.9. The molecule has 0 aliphatic carbocycles. The minimum absolute atomic E-state index is 0.107. The maximum Gasteiger partial charge on any atom is 0.411 e. The third-order valence-electron chi connectivity index (χ3n) is 3.42. The second-order valence-electron chi connectivity index (χ2n) is 6.70. The van der Waals surface area contributed by atoms with Crippen LogP contribution in [0.15, 0.2) is 12.2 Å². The Morgan fingerprint density at radius 3 is 2.54 bits per heavy atom. The van der Waals surface area contributed by atoms with E-state index in [0.29, 0.717) is 6.42 Å². The van der Waals surface area contributed by atoms with Crippen LogP contribution in [-0.4, -0.2) is 58.4 Å². The van der Waals surface area contributed by atoms with E-state index in [4.69, 9.17) is 9.84 Å². The monoisotopic (exact) mass is 344 g/mol. The Balaban J connectivity index is 2.79. The Morgan fingerprint density at radius 1 is 1.42 bits per heavy atom. The number of likely N-dealkylation sites (tertiary alicyclic amines) is 1. The number of alkyl halides is 1. The summed E-state index contributed by atoms with van der Waals surface area (Å²) in [5.41, 5.74) is -0.747. The van der Waals surface area contributed by atoms with Crippen molar-refractivity contribution >= 4 is 18.0 Å². The van der Waals surface area contributed by atoms with Gasteiger partial charge in [0, 0.05) is 18.5 Å². The molecule has 0 bridgehead atoms. The highest BCUT2D eigenvalue weighted by molar-refractivity contribution is 5.87. The third-order valence-corrected chi connectivity index (χ3v) is 3.42. The number of carboxylic acid groups (broad SMARTS) is 1. The molecule has 0 spiro atoms. The Morgan fingerprint density at radius 2 is 2.04 bits per heavy atom. The van der Waals surface area contributed by atoms with Gasteiger partial charge >= 0.3 is 12.1 Å². The molecule has 24 heavy (non-hydrogen) atoms. The van der Waals surface area contributed by atoms with Gasteiger partial charge in [-0.15, -0.1) is 0 Å². The molecule has 2 amide bonds. The highest BCUT2D eigenvalue weighted by Crippen LogP contribution is 2.23. The fourth-order valence-corrected chi connectivity index (χ4v) is 2.32. The molecule has 1 aliphatic rings. The van der Waals surface area contributed by atoms with Gasteiger partial charge in [-0.1, -0.05) is 13.0 Å². The molecule has 0 unspecified atom stereocenters. The molecule has 1 fully saturated rings. The van der Waals surface area contributed by atoms with Crippen LogP contribution in [0.2, 0.25) is 0 Å². The first-order valence-electron chi connectivity index (χ1n) is 7.88. The van der Waals surface area contributed by atoms with Gasteiger partial charge in [0.05, 0.1) is 6.54 Å². The van der Waals surface area contributed by atoms with Gasteiger partial charge in [-0.25, -0.2) is 14.0 Å². The molecule has 8 heteroatoms. The topological polar surface area (TPSA) is 95.9 Å². The first-order chi connectivity index (χ1) is 11.0. The second-order valence-corrected chi connectivity index (χ2v) is 6.70. The van der Waals surface area contributed by atoms with Crippen molar-refractivity contribution in [2.45, 2.75) is 64.4 Å². The minimum Gasteiger partial charge on any atom is -0.478 e. The maximum absolute atomic E-state index is 13.7. The van der Waals surface area contributed by atoms with Crippen LogP contribution in [0.3, 0.4) is 0 Å². The number of halogens is 1. The molecular weight excluding hydrogens is 319 g/mol. The quantitative estimate of drug-likeness (QED) is 0.742. The molecule has 1 aliphatic heterocycles. The summed E-state index contributed by atoms with van der Waals surface area (Å²) >= 11 is 0. The van der Waals surface area contributed by atoms with Gasteiger partial charge in [-0.3, -0.25) is 9.69 Å². The fourth-order valence-electron chi connectivity index (χ4n) is 2.32. The lowest BCUT2D eigenvalue weighted by Gasteiger charge is -2.28. The molecule has 0 radical (unpaired) electrons. The summed E-state index contributed by atoms with van der Waals surface area (Å²) in [6.45, 7) is 6.64. The largest absolute Gasteiger partial charge is 0.478 e. The van der Waals surface area contributed by atoms with Gasteiger partial charge in [0.2, 0.25) is 5.91 Å². The van der Waals surface area contributed by atoms with Gasteiger partial charge in [0.25, 0.3) is 0 Å². The zero-order valence-electron chi connectivity index (χ0n) is 14.4. The molecule has 0 aromatic heterocycles. The SMILES string of the molecule is CC[C@@H](C=CC(=O)O)NC(=O)[C@@H]1C[C@H](F)CN1C(=O)OC(C)(C)C. The molecule has 1 rings (SSSR count). The lowest BCUT2D eigenvalue weighted by molar-refractivity contribution is -0.131. The molecule has 0 aromatic rings. The first-order valence-corrected chi connectivity index (χ1v) is 7.88. The van der Waals surface area contributed by atoms with Crippen LogP contribution in [0.1, 0.15) is 40.5 Å². The van der Waals surface area contributed by atoms with Gasteiger partial charge in [-0.05, 0) is 27.2 Å². The van der Waals surface area contributed by atoms with Crippen molar-refractivity contribution in [1.29, 1.82) is 0 Å². The highest BCUT2D eigenvalue weighted by Gasteiger charge is 2.41. The Labute approximate surface area is 140 Å². The summed E-state index contributed by atoms with van der Waals surface area (Å²) in [4.78, 5) is 36.2. The van der Waals surface area contributed by atoms with Crippen LogP contribution < -0.4 is 5.32 Å². The molecule has 1 saturated heterocycles. The Kier molecular flexibility index (Phi) is 6.74. The van der Waals surface area contributed by atoms with Crippen LogP contribution in [0.4, 0.5) is 9.18 Å². The van der Waals surface area contributed by atoms with Gasteiger partial charge < -0.3 is 15.2 Å². The fraction of sp³-hybridized carbons (Fsp3) is 0.688. The van der Waals surface area contributed by atoms with E-state index < -0.39 is 41.8 Å². The van der Waals surface area contributed by atoms with E-state index in [9.17, 15) is 18.8 Å². The Hall–Kier alpha value is -2.12. The zero-order valence-corrected chi connectivity index (χ0v) is 14.4. The van der Waals surface area contributed by atoms with Crippen molar-refractivity contribution in [3.05, 3.63) is 12.2 Å². The van der Waals surface area contributed by atoms with Crippen molar-refractivity contribution in [1.82, 2.24) is 10.2 Å². The number of nitrogens with zero attached hydrogens (tertiary/aromatic N) is 1. The molecule has 0 saturated carbocycles. The number of carbonyl (C=O) groups is 3. The molecule has 7 nitrogen and oxygen atoms in total. The van der Waals surface area contributed by atoms with E-state index >= 15 is 0 Å². The number of nitrogens with one attached hydrogen (secondary N) is 1. The number of ether oxygens (including phenoxy) is 1. The minimum atomic E-state index is -1.30. The predicted molar refractivity (Wildman–Crippen MR) is 85.2 cm³/mol. The number of amides is 2. The van der Waals surface area contributed by atoms with E-state index in [0.717, 1.165) is 11.0 Å². The van der Waals surface area contributed by atoms with Crippen molar-refractivity contribution in [2.24, 2.45) is 0 Å². The average Bonchev–Trinajstić information content (AvgIpc) is 2.83. The van der Waals surface area contributed by atoms with Crippen LogP contribution in [0.25, 0.3) is 0 Å². The number of carboxylic acids is 1.